The molecule has 0 radical (unpaired) electrons. The van der Waals surface area contributed by atoms with Crippen LogP contribution >= 0.6 is 0 Å². The molecular weight excluding hydrogens is 418 g/mol. The Labute approximate surface area is 192 Å². The van der Waals surface area contributed by atoms with Gasteiger partial charge in [-0.15, -0.1) is 0 Å². The van der Waals surface area contributed by atoms with E-state index >= 15 is 0 Å². The highest BCUT2D eigenvalue weighted by molar-refractivity contribution is 6.03. The second-order valence-electron chi connectivity index (χ2n) is 8.28. The first-order valence-corrected chi connectivity index (χ1v) is 11.2. The van der Waals surface area contributed by atoms with Crippen LogP contribution in [-0.2, 0) is 26.2 Å². The average Bonchev–Trinajstić information content (AvgIpc) is 3.30. The van der Waals surface area contributed by atoms with Gasteiger partial charge in [0.15, 0.2) is 11.7 Å². The molecule has 2 N–H and O–H groups in total. The van der Waals surface area contributed by atoms with E-state index in [1.807, 2.05) is 49.4 Å². The molecule has 2 aromatic carbocycles. The normalized spacial score (nSPS) is 18.1. The first-order chi connectivity index (χ1) is 16.0. The summed E-state index contributed by atoms with van der Waals surface area (Å²) in [4.78, 5) is 40.7. The van der Waals surface area contributed by atoms with Crippen LogP contribution in [0.5, 0.6) is 0 Å². The fraction of sp³-hybridized carbons (Fsp3) is 0.308. The van der Waals surface area contributed by atoms with Crippen molar-refractivity contribution in [2.24, 2.45) is 0 Å². The number of anilines is 1. The number of hydrogen-bond acceptors (Lipinski definition) is 5. The number of imide groups is 1. The van der Waals surface area contributed by atoms with Crippen LogP contribution in [0.3, 0.4) is 0 Å². The molecule has 2 heterocycles. The van der Waals surface area contributed by atoms with Gasteiger partial charge in [-0.2, -0.15) is 0 Å². The Morgan fingerprint density at radius 3 is 2.58 bits per heavy atom. The van der Waals surface area contributed by atoms with Crippen LogP contribution in [0.1, 0.15) is 50.5 Å². The van der Waals surface area contributed by atoms with Gasteiger partial charge in [0, 0.05) is 30.5 Å². The van der Waals surface area contributed by atoms with Crippen LogP contribution in [0, 0.1) is 0 Å². The number of oxazole rings is 1. The van der Waals surface area contributed by atoms with Gasteiger partial charge in [0.1, 0.15) is 0 Å². The Morgan fingerprint density at radius 1 is 1.12 bits per heavy atom. The average molecular weight is 446 g/mol. The molecule has 3 aromatic rings. The predicted molar refractivity (Wildman–Crippen MR) is 124 cm³/mol. The maximum Gasteiger partial charge on any atom is 0.237 e. The van der Waals surface area contributed by atoms with E-state index in [0.717, 1.165) is 16.9 Å². The molecule has 1 fully saturated rings. The fourth-order valence-electron chi connectivity index (χ4n) is 4.22. The zero-order chi connectivity index (χ0) is 23.3. The molecule has 1 aliphatic rings. The summed E-state index contributed by atoms with van der Waals surface area (Å²) in [6.07, 6.45) is 4.66. The molecule has 1 atom stereocenters. The summed E-state index contributed by atoms with van der Waals surface area (Å²) in [7, 11) is 0. The van der Waals surface area contributed by atoms with E-state index in [9.17, 15) is 14.4 Å². The third kappa shape index (κ3) is 5.03. The SMILES string of the molecule is CCC1(c2ccc(NC(=O)CCCc3ncc(-c4ccccc4)o3)cc2)CCC(=O)NC1=O. The standard InChI is InChI=1S/C26H27N3O4/c1-2-26(16-15-23(31)29-25(26)32)19-11-13-20(14-12-19)28-22(30)9-6-10-24-27-17-21(33-24)18-7-4-3-5-8-18/h3-5,7-8,11-14,17H,2,6,9-10,15-16H2,1H3,(H,28,30)(H,29,31,32). The van der Waals surface area contributed by atoms with Gasteiger partial charge in [-0.05, 0) is 37.0 Å². The summed E-state index contributed by atoms with van der Waals surface area (Å²) in [5, 5.41) is 5.35. The number of carbonyl (C=O) groups excluding carboxylic acids is 3. The number of aryl methyl sites for hydroxylation is 1. The molecule has 7 heteroatoms. The van der Waals surface area contributed by atoms with Gasteiger partial charge in [-0.1, -0.05) is 49.4 Å². The van der Waals surface area contributed by atoms with Crippen LogP contribution < -0.4 is 10.6 Å². The summed E-state index contributed by atoms with van der Waals surface area (Å²) in [6.45, 7) is 1.95. The van der Waals surface area contributed by atoms with Gasteiger partial charge in [0.2, 0.25) is 17.7 Å². The lowest BCUT2D eigenvalue weighted by Gasteiger charge is -2.35. The fourth-order valence-corrected chi connectivity index (χ4v) is 4.22. The number of carbonyl (C=O) groups is 3. The van der Waals surface area contributed by atoms with Crippen molar-refractivity contribution in [3.05, 3.63) is 72.2 Å². The molecule has 1 saturated heterocycles. The van der Waals surface area contributed by atoms with Crippen molar-refractivity contribution < 1.29 is 18.8 Å². The zero-order valence-electron chi connectivity index (χ0n) is 18.6. The monoisotopic (exact) mass is 445 g/mol. The molecular formula is C26H27N3O4. The minimum Gasteiger partial charge on any atom is -0.441 e. The van der Waals surface area contributed by atoms with Crippen molar-refractivity contribution in [2.45, 2.75) is 50.9 Å². The Hall–Kier alpha value is -3.74. The molecule has 0 aliphatic carbocycles. The van der Waals surface area contributed by atoms with Gasteiger partial charge in [0.05, 0.1) is 11.6 Å². The number of nitrogens with zero attached hydrogens (tertiary/aromatic N) is 1. The maximum atomic E-state index is 12.5. The smallest absolute Gasteiger partial charge is 0.237 e. The van der Waals surface area contributed by atoms with Crippen LogP contribution in [0.25, 0.3) is 11.3 Å². The minimum atomic E-state index is -0.703. The lowest BCUT2D eigenvalue weighted by molar-refractivity contribution is -0.138. The Balaban J connectivity index is 1.29. The number of amides is 3. The predicted octanol–water partition coefficient (Wildman–Crippen LogP) is 4.39. The molecule has 0 bridgehead atoms. The summed E-state index contributed by atoms with van der Waals surface area (Å²) < 4.78 is 5.78. The molecule has 1 aliphatic heterocycles. The third-order valence-electron chi connectivity index (χ3n) is 6.20. The minimum absolute atomic E-state index is 0.0937. The number of rotatable bonds is 8. The van der Waals surface area contributed by atoms with E-state index in [-0.39, 0.29) is 17.7 Å². The zero-order valence-corrected chi connectivity index (χ0v) is 18.6. The highest BCUT2D eigenvalue weighted by atomic mass is 16.4. The first-order valence-electron chi connectivity index (χ1n) is 11.2. The Bertz CT molecular complexity index is 1140. The van der Waals surface area contributed by atoms with Crippen LogP contribution in [0.4, 0.5) is 5.69 Å². The Morgan fingerprint density at radius 2 is 1.88 bits per heavy atom. The van der Waals surface area contributed by atoms with Gasteiger partial charge >= 0.3 is 0 Å². The van der Waals surface area contributed by atoms with Crippen molar-refractivity contribution in [1.29, 1.82) is 0 Å². The number of benzene rings is 2. The van der Waals surface area contributed by atoms with Crippen molar-refractivity contribution in [3.8, 4) is 11.3 Å². The van der Waals surface area contributed by atoms with E-state index in [1.54, 1.807) is 18.3 Å². The van der Waals surface area contributed by atoms with Crippen LogP contribution in [-0.4, -0.2) is 22.7 Å². The quantitative estimate of drug-likeness (QED) is 0.501. The van der Waals surface area contributed by atoms with Crippen LogP contribution in [0.2, 0.25) is 0 Å². The molecule has 33 heavy (non-hydrogen) atoms. The van der Waals surface area contributed by atoms with Crippen LogP contribution in [0.15, 0.2) is 65.2 Å². The summed E-state index contributed by atoms with van der Waals surface area (Å²) in [5.41, 5.74) is 1.79. The number of nitrogens with one attached hydrogen (secondary N) is 2. The lowest BCUT2D eigenvalue weighted by Crippen LogP contribution is -2.51. The molecule has 170 valence electrons. The van der Waals surface area contributed by atoms with Crippen molar-refractivity contribution >= 4 is 23.4 Å². The van der Waals surface area contributed by atoms with E-state index in [2.05, 4.69) is 15.6 Å². The molecule has 1 unspecified atom stereocenters. The second kappa shape index (κ2) is 9.81. The first kappa shape index (κ1) is 22.5. The number of aromatic nitrogens is 1. The number of piperidine rings is 1. The van der Waals surface area contributed by atoms with Gasteiger partial charge in [-0.3, -0.25) is 19.7 Å². The number of hydrogen-bond donors (Lipinski definition) is 2. The summed E-state index contributed by atoms with van der Waals surface area (Å²) in [6, 6.07) is 17.1. The van der Waals surface area contributed by atoms with E-state index in [4.69, 9.17) is 4.42 Å². The molecule has 7 nitrogen and oxygen atoms in total. The van der Waals surface area contributed by atoms with E-state index in [0.29, 0.717) is 50.1 Å². The van der Waals surface area contributed by atoms with E-state index in [1.165, 1.54) is 0 Å². The topological polar surface area (TPSA) is 101 Å². The molecule has 0 saturated carbocycles. The molecule has 0 spiro atoms. The van der Waals surface area contributed by atoms with Crippen molar-refractivity contribution in [3.63, 3.8) is 0 Å². The van der Waals surface area contributed by atoms with Gasteiger partial charge < -0.3 is 9.73 Å². The second-order valence-corrected chi connectivity index (χ2v) is 8.28. The van der Waals surface area contributed by atoms with E-state index < -0.39 is 5.41 Å². The van der Waals surface area contributed by atoms with Gasteiger partial charge in [0.25, 0.3) is 0 Å². The molecule has 3 amide bonds. The highest BCUT2D eigenvalue weighted by Crippen LogP contribution is 2.36. The Kier molecular flexibility index (Phi) is 6.68. The maximum absolute atomic E-state index is 12.5. The molecule has 4 rings (SSSR count). The largest absolute Gasteiger partial charge is 0.441 e. The van der Waals surface area contributed by atoms with Crippen molar-refractivity contribution in [2.75, 3.05) is 5.32 Å². The van der Waals surface area contributed by atoms with Gasteiger partial charge in [-0.25, -0.2) is 4.98 Å². The summed E-state index contributed by atoms with van der Waals surface area (Å²) in [5.74, 6) is 0.758. The highest BCUT2D eigenvalue weighted by Gasteiger charge is 2.42. The third-order valence-corrected chi connectivity index (χ3v) is 6.20. The molecule has 1 aromatic heterocycles. The van der Waals surface area contributed by atoms with Crippen molar-refractivity contribution in [1.82, 2.24) is 10.3 Å². The lowest BCUT2D eigenvalue weighted by atomic mass is 9.72. The summed E-state index contributed by atoms with van der Waals surface area (Å²) >= 11 is 0.